The van der Waals surface area contributed by atoms with Gasteiger partial charge in [0.2, 0.25) is 5.91 Å². The summed E-state index contributed by atoms with van der Waals surface area (Å²) >= 11 is 1.89. The van der Waals surface area contributed by atoms with Crippen LogP contribution in [0.1, 0.15) is 75.8 Å². The molecule has 1 atom stereocenters. The van der Waals surface area contributed by atoms with E-state index < -0.39 is 23.6 Å². The zero-order valence-electron chi connectivity index (χ0n) is 18.5. The van der Waals surface area contributed by atoms with Crippen molar-refractivity contribution in [1.29, 1.82) is 5.26 Å². The van der Waals surface area contributed by atoms with Crippen LogP contribution in [0.15, 0.2) is 0 Å². The summed E-state index contributed by atoms with van der Waals surface area (Å²) in [7, 11) is 0. The van der Waals surface area contributed by atoms with Gasteiger partial charge in [-0.2, -0.15) is 5.26 Å². The molecule has 1 aliphatic heterocycles. The fourth-order valence-corrected chi connectivity index (χ4v) is 5.02. The standard InChI is InChI=1S/C13H16N2S.C9H18N2O3/c14-9-11-10-5-1-2-6-12(10)16-13(11)15-7-3-4-8-15;1-5-6(7(10)12)11-8(13)14-9(2,3)4/h1-8H2;6H,5H2,1-4H3,(H2,10,12)(H,11,13)/t;6-/m.0/s1. The minimum Gasteiger partial charge on any atom is -0.444 e. The van der Waals surface area contributed by atoms with Gasteiger partial charge in [0.1, 0.15) is 22.7 Å². The van der Waals surface area contributed by atoms with Crippen LogP contribution in [0.25, 0.3) is 0 Å². The maximum absolute atomic E-state index is 11.2. The van der Waals surface area contributed by atoms with Crippen molar-refractivity contribution in [2.45, 2.75) is 84.3 Å². The minimum atomic E-state index is -0.662. The predicted octanol–water partition coefficient (Wildman–Crippen LogP) is 3.87. The number of nitrogens with zero attached hydrogens (tertiary/aromatic N) is 2. The number of nitriles is 1. The molecule has 1 aromatic heterocycles. The molecule has 7 nitrogen and oxygen atoms in total. The molecule has 1 aromatic rings. The van der Waals surface area contributed by atoms with Crippen LogP contribution >= 0.6 is 11.3 Å². The zero-order valence-corrected chi connectivity index (χ0v) is 19.4. The monoisotopic (exact) mass is 434 g/mol. The Bertz CT molecular complexity index is 786. The van der Waals surface area contributed by atoms with Gasteiger partial charge in [0.25, 0.3) is 0 Å². The van der Waals surface area contributed by atoms with E-state index in [-0.39, 0.29) is 0 Å². The molecule has 0 unspecified atom stereocenters. The van der Waals surface area contributed by atoms with Crippen LogP contribution in [0, 0.1) is 11.3 Å². The van der Waals surface area contributed by atoms with Crippen molar-refractivity contribution in [2.75, 3.05) is 18.0 Å². The molecule has 0 bridgehead atoms. The van der Waals surface area contributed by atoms with E-state index in [2.05, 4.69) is 16.3 Å². The summed E-state index contributed by atoms with van der Waals surface area (Å²) in [6.07, 6.45) is 7.29. The number of rotatable bonds is 4. The first kappa shape index (κ1) is 24.0. The van der Waals surface area contributed by atoms with Crippen molar-refractivity contribution >= 4 is 28.3 Å². The molecule has 166 valence electrons. The topological polar surface area (TPSA) is 108 Å². The maximum atomic E-state index is 11.2. The van der Waals surface area contributed by atoms with Crippen molar-refractivity contribution in [1.82, 2.24) is 5.32 Å². The van der Waals surface area contributed by atoms with Gasteiger partial charge in [0, 0.05) is 18.0 Å². The van der Waals surface area contributed by atoms with Gasteiger partial charge in [-0.25, -0.2) is 4.79 Å². The summed E-state index contributed by atoms with van der Waals surface area (Å²) in [5.41, 5.74) is 6.86. The van der Waals surface area contributed by atoms with E-state index in [1.807, 2.05) is 11.3 Å². The third kappa shape index (κ3) is 6.63. The predicted molar refractivity (Wildman–Crippen MR) is 120 cm³/mol. The van der Waals surface area contributed by atoms with Crippen molar-refractivity contribution in [2.24, 2.45) is 5.73 Å². The number of thiophene rings is 1. The molecule has 2 heterocycles. The molecule has 3 rings (SSSR count). The Kier molecular flexibility index (Phi) is 8.54. The van der Waals surface area contributed by atoms with E-state index >= 15 is 0 Å². The number of carbonyl (C=O) groups excluding carboxylic acids is 2. The largest absolute Gasteiger partial charge is 0.444 e. The highest BCUT2D eigenvalue weighted by Crippen LogP contribution is 2.40. The van der Waals surface area contributed by atoms with Gasteiger partial charge in [-0.15, -0.1) is 11.3 Å². The van der Waals surface area contributed by atoms with Crippen molar-refractivity contribution in [3.05, 3.63) is 16.0 Å². The number of nitrogens with one attached hydrogen (secondary N) is 1. The molecule has 0 spiro atoms. The summed E-state index contributed by atoms with van der Waals surface area (Å²) in [6.45, 7) is 9.29. The number of primary amides is 1. The van der Waals surface area contributed by atoms with E-state index in [9.17, 15) is 14.9 Å². The molecule has 30 heavy (non-hydrogen) atoms. The summed E-state index contributed by atoms with van der Waals surface area (Å²) in [4.78, 5) is 25.9. The molecule has 0 saturated carbocycles. The molecular formula is C22H34N4O3S. The number of nitrogens with two attached hydrogens (primary N) is 1. The molecule has 2 aliphatic rings. The van der Waals surface area contributed by atoms with Crippen LogP contribution in [-0.4, -0.2) is 36.7 Å². The SMILES string of the molecule is CC[C@H](NC(=O)OC(C)(C)C)C(N)=O.N#Cc1c(N2CCCC2)sc2c1CCCC2. The van der Waals surface area contributed by atoms with E-state index in [1.54, 1.807) is 27.7 Å². The highest BCUT2D eigenvalue weighted by molar-refractivity contribution is 7.16. The van der Waals surface area contributed by atoms with E-state index in [1.165, 1.54) is 47.5 Å². The van der Waals surface area contributed by atoms with E-state index in [4.69, 9.17) is 10.5 Å². The second-order valence-corrected chi connectivity index (χ2v) is 9.79. The Morgan fingerprint density at radius 2 is 1.87 bits per heavy atom. The Morgan fingerprint density at radius 1 is 1.23 bits per heavy atom. The summed E-state index contributed by atoms with van der Waals surface area (Å²) in [5.74, 6) is -0.557. The molecule has 1 saturated heterocycles. The second-order valence-electron chi connectivity index (χ2n) is 8.71. The molecule has 0 radical (unpaired) electrons. The first-order valence-corrected chi connectivity index (χ1v) is 11.6. The number of ether oxygens (including phenoxy) is 1. The van der Waals surface area contributed by atoms with E-state index in [0.717, 1.165) is 25.1 Å². The Balaban J connectivity index is 0.000000217. The Labute approximate surface area is 183 Å². The highest BCUT2D eigenvalue weighted by Gasteiger charge is 2.25. The number of hydrogen-bond acceptors (Lipinski definition) is 6. The van der Waals surface area contributed by atoms with Crippen molar-refractivity contribution in [3.63, 3.8) is 0 Å². The molecule has 0 aromatic carbocycles. The van der Waals surface area contributed by atoms with Crippen LogP contribution in [-0.2, 0) is 22.4 Å². The van der Waals surface area contributed by atoms with Gasteiger partial charge in [0.15, 0.2) is 0 Å². The number of amides is 2. The molecule has 2 amide bonds. The van der Waals surface area contributed by atoms with Gasteiger partial charge in [-0.05, 0) is 71.3 Å². The summed E-state index contributed by atoms with van der Waals surface area (Å²) in [6, 6.07) is 1.79. The number of alkyl carbamates (subject to hydrolysis) is 1. The minimum absolute atomic E-state index is 0.453. The fourth-order valence-electron chi connectivity index (χ4n) is 3.63. The van der Waals surface area contributed by atoms with Crippen LogP contribution in [0.2, 0.25) is 0 Å². The van der Waals surface area contributed by atoms with Gasteiger partial charge >= 0.3 is 6.09 Å². The van der Waals surface area contributed by atoms with Crippen LogP contribution < -0.4 is 16.0 Å². The van der Waals surface area contributed by atoms with Gasteiger partial charge in [-0.3, -0.25) is 4.79 Å². The lowest BCUT2D eigenvalue weighted by atomic mass is 9.96. The lowest BCUT2D eigenvalue weighted by molar-refractivity contribution is -0.120. The summed E-state index contributed by atoms with van der Waals surface area (Å²) in [5, 5.41) is 13.0. The van der Waals surface area contributed by atoms with Gasteiger partial charge in [-0.1, -0.05) is 6.92 Å². The Morgan fingerprint density at radius 3 is 2.40 bits per heavy atom. The molecule has 8 heteroatoms. The van der Waals surface area contributed by atoms with Gasteiger partial charge in [0.05, 0.1) is 5.56 Å². The first-order chi connectivity index (χ1) is 14.2. The Hall–Kier alpha value is -2.27. The number of aryl methyl sites for hydroxylation is 1. The fraction of sp³-hybridized carbons (Fsp3) is 0.682. The quantitative estimate of drug-likeness (QED) is 0.748. The van der Waals surface area contributed by atoms with Crippen molar-refractivity contribution in [3.8, 4) is 6.07 Å². The van der Waals surface area contributed by atoms with Crippen LogP contribution in [0.4, 0.5) is 9.80 Å². The average molecular weight is 435 g/mol. The number of hydrogen-bond donors (Lipinski definition) is 2. The number of fused-ring (bicyclic) bond motifs is 1. The first-order valence-electron chi connectivity index (χ1n) is 10.7. The zero-order chi connectivity index (χ0) is 22.3. The second kappa shape index (κ2) is 10.7. The van der Waals surface area contributed by atoms with Crippen molar-refractivity contribution < 1.29 is 14.3 Å². The average Bonchev–Trinajstić information content (AvgIpc) is 3.32. The molecule has 3 N–H and O–H groups in total. The van der Waals surface area contributed by atoms with Crippen LogP contribution in [0.3, 0.4) is 0 Å². The lowest BCUT2D eigenvalue weighted by Crippen LogP contribution is -2.45. The molecular weight excluding hydrogens is 400 g/mol. The highest BCUT2D eigenvalue weighted by atomic mass is 32.1. The van der Waals surface area contributed by atoms with E-state index in [0.29, 0.717) is 6.42 Å². The van der Waals surface area contributed by atoms with Crippen LogP contribution in [0.5, 0.6) is 0 Å². The normalized spacial score (nSPS) is 16.6. The number of carbonyl (C=O) groups is 2. The lowest BCUT2D eigenvalue weighted by Gasteiger charge is -2.21. The van der Waals surface area contributed by atoms with Gasteiger partial charge < -0.3 is 20.7 Å². The molecule has 1 aliphatic carbocycles. The third-order valence-corrected chi connectivity index (χ3v) is 6.45. The summed E-state index contributed by atoms with van der Waals surface area (Å²) < 4.78 is 4.96. The maximum Gasteiger partial charge on any atom is 0.408 e. The number of anilines is 1. The molecule has 1 fully saturated rings. The third-order valence-electron chi connectivity index (χ3n) is 5.10. The smallest absolute Gasteiger partial charge is 0.408 e.